The van der Waals surface area contributed by atoms with E-state index in [1.54, 1.807) is 6.92 Å². The Kier molecular flexibility index (Phi) is 7.59. The highest BCUT2D eigenvalue weighted by molar-refractivity contribution is 8.00. The summed E-state index contributed by atoms with van der Waals surface area (Å²) in [5, 5.41) is 32.4. The van der Waals surface area contributed by atoms with Gasteiger partial charge in [-0.25, -0.2) is 4.39 Å². The second-order valence-electron chi connectivity index (χ2n) is 9.84. The van der Waals surface area contributed by atoms with E-state index in [1.165, 1.54) is 54.1 Å². The number of hydrogen-bond acceptors (Lipinski definition) is 9. The second-order valence-corrected chi connectivity index (χ2v) is 12.0. The van der Waals surface area contributed by atoms with E-state index in [1.807, 2.05) is 36.4 Å². The van der Waals surface area contributed by atoms with Gasteiger partial charge in [-0.2, -0.15) is 0 Å². The molecule has 1 aliphatic heterocycles. The van der Waals surface area contributed by atoms with Crippen LogP contribution in [0, 0.1) is 12.7 Å². The molecular weight excluding hydrogens is 590 g/mol. The number of carbonyl (C=O) groups is 2. The zero-order valence-corrected chi connectivity index (χ0v) is 24.6. The van der Waals surface area contributed by atoms with Crippen molar-refractivity contribution in [2.75, 3.05) is 12.0 Å². The van der Waals surface area contributed by atoms with Crippen molar-refractivity contribution in [3.05, 3.63) is 113 Å². The number of phenols is 1. The van der Waals surface area contributed by atoms with Crippen molar-refractivity contribution in [3.63, 3.8) is 0 Å². The predicted octanol–water partition coefficient (Wildman–Crippen LogP) is 6.77. The Morgan fingerprint density at radius 1 is 1.05 bits per heavy atom. The molecule has 1 aromatic heterocycles. The molecule has 5 aromatic rings. The van der Waals surface area contributed by atoms with Crippen molar-refractivity contribution in [3.8, 4) is 11.5 Å². The summed E-state index contributed by atoms with van der Waals surface area (Å²) in [6.07, 6.45) is 0. The number of methoxy groups -OCH3 is 1. The number of benzene rings is 4. The lowest BCUT2D eigenvalue weighted by atomic mass is 9.95. The third kappa shape index (κ3) is 5.21. The molecule has 0 aliphatic carbocycles. The van der Waals surface area contributed by atoms with Gasteiger partial charge in [-0.3, -0.25) is 14.5 Å². The number of aromatic nitrogens is 2. The Bertz CT molecular complexity index is 1930. The second kappa shape index (κ2) is 11.5. The van der Waals surface area contributed by atoms with Crippen LogP contribution in [-0.2, 0) is 15.3 Å². The van der Waals surface area contributed by atoms with Crippen LogP contribution in [0.25, 0.3) is 16.5 Å². The minimum Gasteiger partial charge on any atom is -0.507 e. The standard InChI is InChI=1S/C32H24FN3O5S2/c1-17-10-11-20(14-23(17)33)28(38)26-27(19-12-13-24(37)25(15-19)41-2)36(30(40)29(26)39)31-34-35-32(43-31)42-16-21-8-5-7-18-6-3-4-9-22(18)21/h3-15,27,37-38H,16H2,1-2H3/b28-26-. The molecule has 43 heavy (non-hydrogen) atoms. The number of phenolic OH excluding ortho intramolecular Hbond substituents is 1. The van der Waals surface area contributed by atoms with Crippen LogP contribution in [-0.4, -0.2) is 39.2 Å². The highest BCUT2D eigenvalue weighted by Crippen LogP contribution is 2.45. The normalized spacial score (nSPS) is 16.3. The summed E-state index contributed by atoms with van der Waals surface area (Å²) < 4.78 is 20.3. The molecule has 11 heteroatoms. The molecule has 2 heterocycles. The average Bonchev–Trinajstić information content (AvgIpc) is 3.59. The van der Waals surface area contributed by atoms with Crippen molar-refractivity contribution in [1.29, 1.82) is 0 Å². The summed E-state index contributed by atoms with van der Waals surface area (Å²) in [4.78, 5) is 28.2. The number of ketones is 1. The predicted molar refractivity (Wildman–Crippen MR) is 164 cm³/mol. The molecule has 0 bridgehead atoms. The Morgan fingerprint density at radius 2 is 1.84 bits per heavy atom. The zero-order chi connectivity index (χ0) is 30.2. The number of carbonyl (C=O) groups excluding carboxylic acids is 2. The maximum atomic E-state index is 14.4. The molecule has 1 amide bonds. The van der Waals surface area contributed by atoms with Gasteiger partial charge in [-0.1, -0.05) is 83.8 Å². The summed E-state index contributed by atoms with van der Waals surface area (Å²) >= 11 is 2.58. The molecule has 1 unspecified atom stereocenters. The third-order valence-electron chi connectivity index (χ3n) is 7.24. The van der Waals surface area contributed by atoms with Crippen molar-refractivity contribution in [2.24, 2.45) is 0 Å². The molecule has 0 radical (unpaired) electrons. The molecule has 1 fully saturated rings. The zero-order valence-electron chi connectivity index (χ0n) is 22.9. The fraction of sp³-hybridized carbons (Fsp3) is 0.125. The van der Waals surface area contributed by atoms with Crippen LogP contribution in [0.3, 0.4) is 0 Å². The van der Waals surface area contributed by atoms with Gasteiger partial charge in [0.15, 0.2) is 15.8 Å². The first-order valence-corrected chi connectivity index (χ1v) is 14.9. The number of rotatable bonds is 7. The van der Waals surface area contributed by atoms with Gasteiger partial charge in [0, 0.05) is 11.3 Å². The van der Waals surface area contributed by atoms with Crippen molar-refractivity contribution >= 4 is 56.5 Å². The van der Waals surface area contributed by atoms with Crippen molar-refractivity contribution < 1.29 is 28.9 Å². The number of fused-ring (bicyclic) bond motifs is 1. The third-order valence-corrected chi connectivity index (χ3v) is 9.35. The van der Waals surface area contributed by atoms with Gasteiger partial charge < -0.3 is 14.9 Å². The largest absolute Gasteiger partial charge is 0.507 e. The molecule has 0 spiro atoms. The number of hydrogen-bond donors (Lipinski definition) is 2. The Labute approximate surface area is 254 Å². The number of aromatic hydroxyl groups is 1. The molecular formula is C32H24FN3O5S2. The number of Topliss-reactive ketones (excluding diaryl/α,β-unsaturated/α-hetero) is 1. The van der Waals surface area contributed by atoms with Crippen LogP contribution in [0.2, 0.25) is 0 Å². The first kappa shape index (κ1) is 28.4. The molecule has 2 N–H and O–H groups in total. The number of thioether (sulfide) groups is 1. The van der Waals surface area contributed by atoms with Gasteiger partial charge in [0.25, 0.3) is 5.78 Å². The number of aliphatic hydroxyl groups is 1. The number of nitrogens with zero attached hydrogens (tertiary/aromatic N) is 3. The molecule has 8 nitrogen and oxygen atoms in total. The number of aryl methyl sites for hydroxylation is 1. The topological polar surface area (TPSA) is 113 Å². The van der Waals surface area contributed by atoms with Crippen LogP contribution < -0.4 is 9.64 Å². The summed E-state index contributed by atoms with van der Waals surface area (Å²) in [5.74, 6) is -2.43. The maximum Gasteiger partial charge on any atom is 0.301 e. The number of amides is 1. The van der Waals surface area contributed by atoms with Gasteiger partial charge in [0.05, 0.1) is 18.7 Å². The molecule has 4 aromatic carbocycles. The van der Waals surface area contributed by atoms with Gasteiger partial charge >= 0.3 is 5.91 Å². The maximum absolute atomic E-state index is 14.4. The van der Waals surface area contributed by atoms with E-state index in [4.69, 9.17) is 4.74 Å². The molecule has 1 aliphatic rings. The van der Waals surface area contributed by atoms with Gasteiger partial charge in [-0.15, -0.1) is 10.2 Å². The van der Waals surface area contributed by atoms with Crippen LogP contribution >= 0.6 is 23.1 Å². The van der Waals surface area contributed by atoms with Crippen molar-refractivity contribution in [1.82, 2.24) is 10.2 Å². The molecule has 0 saturated carbocycles. The van der Waals surface area contributed by atoms with E-state index in [2.05, 4.69) is 16.3 Å². The van der Waals surface area contributed by atoms with E-state index in [0.717, 1.165) is 33.7 Å². The molecule has 216 valence electrons. The molecule has 1 atom stereocenters. The number of anilines is 1. The van der Waals surface area contributed by atoms with Gasteiger partial charge in [0.1, 0.15) is 11.6 Å². The van der Waals surface area contributed by atoms with Crippen LogP contribution in [0.5, 0.6) is 11.5 Å². The van der Waals surface area contributed by atoms with E-state index in [0.29, 0.717) is 21.2 Å². The summed E-state index contributed by atoms with van der Waals surface area (Å²) in [7, 11) is 1.37. The van der Waals surface area contributed by atoms with Crippen LogP contribution in [0.4, 0.5) is 9.52 Å². The summed E-state index contributed by atoms with van der Waals surface area (Å²) in [6.45, 7) is 1.58. The summed E-state index contributed by atoms with van der Waals surface area (Å²) in [6, 6.07) is 21.4. The highest BCUT2D eigenvalue weighted by Gasteiger charge is 2.48. The SMILES string of the molecule is COc1cc(C2/C(=C(/O)c3ccc(C)c(F)c3)C(=O)C(=O)N2c2nnc(SCc3cccc4ccccc34)s2)ccc1O. The van der Waals surface area contributed by atoms with E-state index < -0.39 is 29.3 Å². The number of halogens is 1. The number of aliphatic hydroxyl groups excluding tert-OH is 1. The Morgan fingerprint density at radius 3 is 2.63 bits per heavy atom. The summed E-state index contributed by atoms with van der Waals surface area (Å²) in [5.41, 5.74) is 1.63. The average molecular weight is 614 g/mol. The van der Waals surface area contributed by atoms with E-state index in [9.17, 15) is 24.2 Å². The Hall–Kier alpha value is -4.74. The molecule has 1 saturated heterocycles. The Balaban J connectivity index is 1.40. The van der Waals surface area contributed by atoms with Crippen LogP contribution in [0.1, 0.15) is 28.3 Å². The number of ether oxygens (including phenoxy) is 1. The minimum atomic E-state index is -1.15. The molecule has 6 rings (SSSR count). The lowest BCUT2D eigenvalue weighted by Crippen LogP contribution is -2.29. The van der Waals surface area contributed by atoms with Gasteiger partial charge in [-0.05, 0) is 52.6 Å². The lowest BCUT2D eigenvalue weighted by molar-refractivity contribution is -0.132. The smallest absolute Gasteiger partial charge is 0.301 e. The van der Waals surface area contributed by atoms with Crippen LogP contribution in [0.15, 0.2) is 88.8 Å². The quantitative estimate of drug-likeness (QED) is 0.0680. The lowest BCUT2D eigenvalue weighted by Gasteiger charge is -2.23. The fourth-order valence-electron chi connectivity index (χ4n) is 5.02. The minimum absolute atomic E-state index is 0.0421. The fourth-order valence-corrected chi connectivity index (χ4v) is 6.89. The van der Waals surface area contributed by atoms with E-state index >= 15 is 0 Å². The van der Waals surface area contributed by atoms with Crippen molar-refractivity contribution in [2.45, 2.75) is 23.1 Å². The van der Waals surface area contributed by atoms with Gasteiger partial charge in [0.2, 0.25) is 5.13 Å². The van der Waals surface area contributed by atoms with E-state index in [-0.39, 0.29) is 27.8 Å². The first-order chi connectivity index (χ1) is 20.8. The monoisotopic (exact) mass is 613 g/mol. The highest BCUT2D eigenvalue weighted by atomic mass is 32.2. The first-order valence-electron chi connectivity index (χ1n) is 13.1.